The van der Waals surface area contributed by atoms with Gasteiger partial charge in [0, 0.05) is 48.6 Å². The lowest BCUT2D eigenvalue weighted by atomic mass is 9.73. The highest BCUT2D eigenvalue weighted by Gasteiger charge is 2.43. The lowest BCUT2D eigenvalue weighted by Gasteiger charge is -2.36. The molecule has 0 saturated carbocycles. The zero-order valence-corrected chi connectivity index (χ0v) is 21.5. The Morgan fingerprint density at radius 2 is 1.76 bits per heavy atom. The quantitative estimate of drug-likeness (QED) is 0.499. The first kappa shape index (κ1) is 25.3. The maximum Gasteiger partial charge on any atom is 0.235 e. The van der Waals surface area contributed by atoms with Gasteiger partial charge in [-0.05, 0) is 73.1 Å². The number of carbonyl (C=O) groups excluding carboxylic acids is 1. The normalized spacial score (nSPS) is 22.8. The fourth-order valence-electron chi connectivity index (χ4n) is 5.37. The highest BCUT2D eigenvalue weighted by molar-refractivity contribution is 6.35. The smallest absolute Gasteiger partial charge is 0.235 e. The Morgan fingerprint density at radius 3 is 2.41 bits per heavy atom. The number of nitrogens with zero attached hydrogens (tertiary/aromatic N) is 1. The van der Waals surface area contributed by atoms with Gasteiger partial charge in [-0.2, -0.15) is 0 Å². The van der Waals surface area contributed by atoms with Crippen LogP contribution in [0.3, 0.4) is 0 Å². The summed E-state index contributed by atoms with van der Waals surface area (Å²) in [6.45, 7) is 9.53. The van der Waals surface area contributed by atoms with E-state index in [2.05, 4.69) is 24.1 Å². The Morgan fingerprint density at radius 1 is 1.09 bits per heavy atom. The van der Waals surface area contributed by atoms with Gasteiger partial charge < -0.3 is 14.8 Å². The molecular weight excluding hydrogens is 471 g/mol. The van der Waals surface area contributed by atoms with E-state index in [1.807, 2.05) is 30.3 Å². The molecule has 34 heavy (non-hydrogen) atoms. The monoisotopic (exact) mass is 504 g/mol. The molecule has 2 aromatic carbocycles. The molecule has 0 aliphatic carbocycles. The molecule has 184 valence electrons. The topological polar surface area (TPSA) is 50.8 Å². The van der Waals surface area contributed by atoms with E-state index in [1.165, 1.54) is 6.42 Å². The lowest BCUT2D eigenvalue weighted by molar-refractivity contribution is -0.125. The molecular formula is C27H34Cl2N2O3. The average molecular weight is 505 g/mol. The van der Waals surface area contributed by atoms with Crippen LogP contribution >= 0.6 is 23.2 Å². The third-order valence-corrected chi connectivity index (χ3v) is 7.51. The van der Waals surface area contributed by atoms with Crippen LogP contribution in [0, 0.1) is 11.8 Å². The molecule has 2 aliphatic heterocycles. The second-order valence-electron chi connectivity index (χ2n) is 9.85. The van der Waals surface area contributed by atoms with Crippen LogP contribution in [-0.4, -0.2) is 50.3 Å². The minimum absolute atomic E-state index is 0.0815. The summed E-state index contributed by atoms with van der Waals surface area (Å²) in [5.41, 5.74) is 0.769. The minimum Gasteiger partial charge on any atom is -0.492 e. The van der Waals surface area contributed by atoms with Crippen LogP contribution in [0.5, 0.6) is 5.75 Å². The van der Waals surface area contributed by atoms with Gasteiger partial charge in [-0.25, -0.2) is 0 Å². The average Bonchev–Trinajstić information content (AvgIpc) is 2.80. The molecule has 0 unspecified atom stereocenters. The molecule has 1 N–H and O–H groups in total. The number of hydrogen-bond acceptors (Lipinski definition) is 4. The van der Waals surface area contributed by atoms with Crippen molar-refractivity contribution < 1.29 is 14.3 Å². The van der Waals surface area contributed by atoms with E-state index in [-0.39, 0.29) is 5.91 Å². The van der Waals surface area contributed by atoms with Gasteiger partial charge in [-0.15, -0.1) is 0 Å². The van der Waals surface area contributed by atoms with E-state index in [9.17, 15) is 4.79 Å². The third kappa shape index (κ3) is 6.06. The number of benzene rings is 2. The highest BCUT2D eigenvalue weighted by Crippen LogP contribution is 2.40. The van der Waals surface area contributed by atoms with E-state index in [4.69, 9.17) is 32.7 Å². The second kappa shape index (κ2) is 11.3. The van der Waals surface area contributed by atoms with E-state index in [0.29, 0.717) is 42.7 Å². The molecule has 0 spiro atoms. The minimum atomic E-state index is -0.752. The van der Waals surface area contributed by atoms with E-state index < -0.39 is 5.41 Å². The summed E-state index contributed by atoms with van der Waals surface area (Å²) >= 11 is 12.6. The van der Waals surface area contributed by atoms with Crippen molar-refractivity contribution in [2.45, 2.75) is 38.5 Å². The molecule has 2 aromatic rings. The Labute approximate surface area is 212 Å². The predicted octanol–water partition coefficient (Wildman–Crippen LogP) is 6.04. The van der Waals surface area contributed by atoms with Crippen LogP contribution in [0.15, 0.2) is 42.5 Å². The maximum atomic E-state index is 13.5. The predicted molar refractivity (Wildman–Crippen MR) is 138 cm³/mol. The van der Waals surface area contributed by atoms with Gasteiger partial charge in [0.1, 0.15) is 12.4 Å². The standard InChI is InChI=1S/C27H34Cl2N2O3/c1-19-15-20(2)18-31(17-19)11-14-34-23-6-4-22(5-7-23)30-26(32)27(9-12-33-13-10-27)24-8-3-21(28)16-25(24)29/h3-8,16,19-20H,9-15,17-18H2,1-2H3,(H,30,32)/t19-,20-/m1/s1. The molecule has 2 heterocycles. The summed E-state index contributed by atoms with van der Waals surface area (Å²) in [5, 5.41) is 4.15. The van der Waals surface area contributed by atoms with Crippen molar-refractivity contribution in [3.8, 4) is 5.75 Å². The van der Waals surface area contributed by atoms with Crippen molar-refractivity contribution in [3.63, 3.8) is 0 Å². The summed E-state index contributed by atoms with van der Waals surface area (Å²) in [4.78, 5) is 16.0. The molecule has 2 atom stereocenters. The number of ether oxygens (including phenoxy) is 2. The first-order valence-electron chi connectivity index (χ1n) is 12.2. The molecule has 0 aromatic heterocycles. The Hall–Kier alpha value is -1.79. The molecule has 0 bridgehead atoms. The molecule has 2 fully saturated rings. The van der Waals surface area contributed by atoms with Crippen LogP contribution in [0.25, 0.3) is 0 Å². The first-order valence-corrected chi connectivity index (χ1v) is 12.9. The zero-order valence-electron chi connectivity index (χ0n) is 20.0. The van der Waals surface area contributed by atoms with Gasteiger partial charge in [0.15, 0.2) is 0 Å². The van der Waals surface area contributed by atoms with Gasteiger partial charge in [0.25, 0.3) is 0 Å². The van der Waals surface area contributed by atoms with Crippen LogP contribution in [0.1, 0.15) is 38.7 Å². The summed E-state index contributed by atoms with van der Waals surface area (Å²) < 4.78 is 11.5. The maximum absolute atomic E-state index is 13.5. The third-order valence-electron chi connectivity index (χ3n) is 6.96. The number of rotatable bonds is 7. The van der Waals surface area contributed by atoms with Crippen molar-refractivity contribution >= 4 is 34.8 Å². The second-order valence-corrected chi connectivity index (χ2v) is 10.7. The molecule has 7 heteroatoms. The molecule has 1 amide bonds. The SMILES string of the molecule is C[C@@H]1C[C@@H](C)CN(CCOc2ccc(NC(=O)C3(c4ccc(Cl)cc4Cl)CCOCC3)cc2)C1. The van der Waals surface area contributed by atoms with Gasteiger partial charge in [0.05, 0.1) is 5.41 Å². The van der Waals surface area contributed by atoms with Crippen LogP contribution in [0.2, 0.25) is 10.0 Å². The summed E-state index contributed by atoms with van der Waals surface area (Å²) in [5.74, 6) is 2.21. The van der Waals surface area contributed by atoms with Crippen molar-refractivity contribution in [1.29, 1.82) is 0 Å². The molecule has 4 rings (SSSR count). The van der Waals surface area contributed by atoms with Crippen molar-refractivity contribution in [1.82, 2.24) is 4.90 Å². The van der Waals surface area contributed by atoms with E-state index in [0.717, 1.165) is 48.5 Å². The number of hydrogen-bond donors (Lipinski definition) is 1. The number of anilines is 1. The van der Waals surface area contributed by atoms with Crippen LogP contribution in [-0.2, 0) is 14.9 Å². The number of likely N-dealkylation sites (tertiary alicyclic amines) is 1. The van der Waals surface area contributed by atoms with E-state index >= 15 is 0 Å². The van der Waals surface area contributed by atoms with Gasteiger partial charge in [-0.3, -0.25) is 9.69 Å². The summed E-state index contributed by atoms with van der Waals surface area (Å²) in [7, 11) is 0. The highest BCUT2D eigenvalue weighted by atomic mass is 35.5. The largest absolute Gasteiger partial charge is 0.492 e. The van der Waals surface area contributed by atoms with Gasteiger partial charge in [-0.1, -0.05) is 43.1 Å². The van der Waals surface area contributed by atoms with Gasteiger partial charge in [0.2, 0.25) is 5.91 Å². The van der Waals surface area contributed by atoms with E-state index in [1.54, 1.807) is 12.1 Å². The Balaban J connectivity index is 1.37. The van der Waals surface area contributed by atoms with Crippen LogP contribution in [0.4, 0.5) is 5.69 Å². The van der Waals surface area contributed by atoms with Crippen molar-refractivity contribution in [3.05, 3.63) is 58.1 Å². The summed E-state index contributed by atoms with van der Waals surface area (Å²) in [6.07, 6.45) is 2.44. The number of carbonyl (C=O) groups is 1. The first-order chi connectivity index (χ1) is 16.4. The zero-order chi connectivity index (χ0) is 24.1. The fraction of sp³-hybridized carbons (Fsp3) is 0.519. The van der Waals surface area contributed by atoms with Crippen molar-refractivity contribution in [2.24, 2.45) is 11.8 Å². The number of nitrogens with one attached hydrogen (secondary N) is 1. The number of amides is 1. The molecule has 0 radical (unpaired) electrons. The number of halogens is 2. The Kier molecular flexibility index (Phi) is 8.41. The lowest BCUT2D eigenvalue weighted by Crippen LogP contribution is -2.45. The molecule has 2 saturated heterocycles. The molecule has 5 nitrogen and oxygen atoms in total. The van der Waals surface area contributed by atoms with Crippen molar-refractivity contribution in [2.75, 3.05) is 44.8 Å². The van der Waals surface area contributed by atoms with Gasteiger partial charge >= 0.3 is 0 Å². The summed E-state index contributed by atoms with van der Waals surface area (Å²) in [6, 6.07) is 12.9. The number of piperidine rings is 1. The van der Waals surface area contributed by atoms with Crippen LogP contribution < -0.4 is 10.1 Å². The molecule has 2 aliphatic rings. The fourth-order valence-corrected chi connectivity index (χ4v) is 5.96. The Bertz CT molecular complexity index is 966.